The molecular formula is C15H14N2Na2O7S2. The number of nitrogens with one attached hydrogen (secondary N) is 1. The number of benzene rings is 2. The first kappa shape index (κ1) is 25.3. The van der Waals surface area contributed by atoms with Crippen molar-refractivity contribution in [3.05, 3.63) is 65.0 Å². The summed E-state index contributed by atoms with van der Waals surface area (Å²) in [6, 6.07) is 12.2. The summed E-state index contributed by atoms with van der Waals surface area (Å²) in [4.78, 5) is 11.0. The van der Waals surface area contributed by atoms with Crippen molar-refractivity contribution in [3.8, 4) is 16.9 Å². The Kier molecular flexibility index (Phi) is 8.49. The van der Waals surface area contributed by atoms with E-state index in [9.17, 15) is 26.2 Å². The summed E-state index contributed by atoms with van der Waals surface area (Å²) in [6.45, 7) is 0. The molecule has 2 aromatic carbocycles. The van der Waals surface area contributed by atoms with Crippen LogP contribution in [0.2, 0.25) is 0 Å². The molecule has 0 saturated heterocycles. The first-order valence-electron chi connectivity index (χ1n) is 7.04. The second-order valence-corrected chi connectivity index (χ2v) is 8.10. The Morgan fingerprint density at radius 3 is 1.96 bits per heavy atom. The average Bonchev–Trinajstić information content (AvgIpc) is 2.95. The van der Waals surface area contributed by atoms with E-state index < -0.39 is 41.3 Å². The van der Waals surface area contributed by atoms with Gasteiger partial charge in [-0.15, -0.1) is 0 Å². The molecule has 3 N–H and O–H groups in total. The summed E-state index contributed by atoms with van der Waals surface area (Å²) >= 11 is 0. The zero-order chi connectivity index (χ0) is 19.1. The molecule has 1 aromatic heterocycles. The van der Waals surface area contributed by atoms with Crippen LogP contribution in [0.25, 0.3) is 16.9 Å². The standard InChI is InChI=1S/C15H12N2O7S2.2Na.2H/c18-15-9-12(10-4-2-1-3-5-10)16-17(15)13-8-11(25(19,20)21)6-7-14(13)26(22,23)24;;;;/h1-9,16H,(H,19,20,21)(H,22,23,24);;;;. The number of nitrogens with zero attached hydrogens (tertiary/aromatic N) is 1. The average molecular weight is 444 g/mol. The van der Waals surface area contributed by atoms with Crippen LogP contribution in [0.5, 0.6) is 0 Å². The molecule has 0 amide bonds. The molecule has 0 spiro atoms. The Morgan fingerprint density at radius 1 is 0.821 bits per heavy atom. The van der Waals surface area contributed by atoms with Gasteiger partial charge in [0.05, 0.1) is 16.3 Å². The Bertz CT molecular complexity index is 1250. The van der Waals surface area contributed by atoms with E-state index in [0.29, 0.717) is 11.3 Å². The van der Waals surface area contributed by atoms with Gasteiger partial charge in [-0.1, -0.05) is 30.3 Å². The van der Waals surface area contributed by atoms with E-state index in [2.05, 4.69) is 5.10 Å². The van der Waals surface area contributed by atoms with E-state index >= 15 is 0 Å². The fourth-order valence-electron chi connectivity index (χ4n) is 2.39. The molecule has 140 valence electrons. The fourth-order valence-corrected chi connectivity index (χ4v) is 3.55. The molecule has 9 nitrogen and oxygen atoms in total. The van der Waals surface area contributed by atoms with Gasteiger partial charge in [0.1, 0.15) is 4.90 Å². The summed E-state index contributed by atoms with van der Waals surface area (Å²) < 4.78 is 65.2. The third kappa shape index (κ3) is 5.45. The van der Waals surface area contributed by atoms with E-state index in [1.54, 1.807) is 30.3 Å². The molecule has 28 heavy (non-hydrogen) atoms. The topological polar surface area (TPSA) is 147 Å². The van der Waals surface area contributed by atoms with Crippen LogP contribution in [0, 0.1) is 0 Å². The third-order valence-corrected chi connectivity index (χ3v) is 5.30. The maximum absolute atomic E-state index is 12.3. The zero-order valence-corrected chi connectivity index (χ0v) is 14.5. The van der Waals surface area contributed by atoms with Crippen LogP contribution in [0.4, 0.5) is 0 Å². The van der Waals surface area contributed by atoms with Crippen LogP contribution >= 0.6 is 0 Å². The van der Waals surface area contributed by atoms with Crippen LogP contribution in [-0.2, 0) is 20.2 Å². The zero-order valence-electron chi connectivity index (χ0n) is 12.9. The molecule has 13 heteroatoms. The summed E-state index contributed by atoms with van der Waals surface area (Å²) in [5.41, 5.74) is -0.173. The maximum atomic E-state index is 12.3. The number of aromatic amines is 1. The van der Waals surface area contributed by atoms with Gasteiger partial charge in [0, 0.05) is 6.07 Å². The van der Waals surface area contributed by atoms with Gasteiger partial charge in [-0.05, 0) is 23.8 Å². The van der Waals surface area contributed by atoms with Crippen LogP contribution in [0.3, 0.4) is 0 Å². The molecule has 0 saturated carbocycles. The van der Waals surface area contributed by atoms with Crippen LogP contribution < -0.4 is 5.56 Å². The van der Waals surface area contributed by atoms with Crippen LogP contribution in [0.15, 0.2) is 69.2 Å². The number of aromatic nitrogens is 2. The first-order chi connectivity index (χ1) is 12.1. The molecule has 0 atom stereocenters. The van der Waals surface area contributed by atoms with Crippen LogP contribution in [-0.4, -0.2) is 94.8 Å². The molecule has 0 unspecified atom stereocenters. The van der Waals surface area contributed by atoms with Gasteiger partial charge in [0.25, 0.3) is 25.8 Å². The van der Waals surface area contributed by atoms with E-state index in [1.807, 2.05) is 0 Å². The normalized spacial score (nSPS) is 11.4. The molecule has 0 aliphatic carbocycles. The fraction of sp³-hybridized carbons (Fsp3) is 0. The van der Waals surface area contributed by atoms with E-state index in [1.165, 1.54) is 6.07 Å². The van der Waals surface area contributed by atoms with Gasteiger partial charge in [0.2, 0.25) is 0 Å². The molecule has 0 bridgehead atoms. The monoisotopic (exact) mass is 444 g/mol. The summed E-state index contributed by atoms with van der Waals surface area (Å²) in [7, 11) is -9.43. The van der Waals surface area contributed by atoms with Crippen molar-refractivity contribution in [1.82, 2.24) is 9.78 Å². The van der Waals surface area contributed by atoms with Gasteiger partial charge < -0.3 is 0 Å². The molecule has 1 heterocycles. The van der Waals surface area contributed by atoms with Gasteiger partial charge in [-0.25, -0.2) is 4.68 Å². The van der Waals surface area contributed by atoms with E-state index in [-0.39, 0.29) is 59.1 Å². The molecule has 0 aliphatic heterocycles. The molecule has 3 aromatic rings. The van der Waals surface area contributed by atoms with Crippen molar-refractivity contribution in [3.63, 3.8) is 0 Å². The summed E-state index contributed by atoms with van der Waals surface area (Å²) in [5.74, 6) is 0. The number of hydrogen-bond donors (Lipinski definition) is 3. The van der Waals surface area contributed by atoms with Crippen molar-refractivity contribution < 1.29 is 25.9 Å². The quantitative estimate of drug-likeness (QED) is 0.380. The number of hydrogen-bond acceptors (Lipinski definition) is 5. The van der Waals surface area contributed by atoms with Crippen LogP contribution in [0.1, 0.15) is 0 Å². The van der Waals surface area contributed by atoms with Gasteiger partial charge >= 0.3 is 59.1 Å². The Balaban J connectivity index is 0.00000196. The van der Waals surface area contributed by atoms with Crippen molar-refractivity contribution in [2.24, 2.45) is 0 Å². The summed E-state index contributed by atoms with van der Waals surface area (Å²) in [5, 5.41) is 2.66. The Labute approximate surface area is 204 Å². The minimum absolute atomic E-state index is 0. The van der Waals surface area contributed by atoms with E-state index in [0.717, 1.165) is 22.9 Å². The number of H-pyrrole nitrogens is 1. The third-order valence-electron chi connectivity index (χ3n) is 3.55. The second kappa shape index (κ2) is 9.39. The first-order valence-corrected chi connectivity index (χ1v) is 9.92. The number of rotatable bonds is 4. The van der Waals surface area contributed by atoms with Crippen molar-refractivity contribution in [2.75, 3.05) is 0 Å². The van der Waals surface area contributed by atoms with Gasteiger partial charge in [0.15, 0.2) is 0 Å². The summed E-state index contributed by atoms with van der Waals surface area (Å²) in [6.07, 6.45) is 0. The Morgan fingerprint density at radius 2 is 1.43 bits per heavy atom. The van der Waals surface area contributed by atoms with Gasteiger partial charge in [-0.2, -0.15) is 16.8 Å². The molecule has 0 aliphatic rings. The van der Waals surface area contributed by atoms with E-state index in [4.69, 9.17) is 4.55 Å². The molecule has 0 fully saturated rings. The Hall–Kier alpha value is -0.730. The van der Waals surface area contributed by atoms with Crippen molar-refractivity contribution >= 4 is 79.4 Å². The molecule has 3 rings (SSSR count). The second-order valence-electron chi connectivity index (χ2n) is 5.29. The SMILES string of the molecule is O=c1cc(-c2ccccc2)[nH]n1-c1cc(S(=O)(=O)O)ccc1S(=O)(=O)O.[NaH].[NaH]. The predicted molar refractivity (Wildman–Crippen MR) is 106 cm³/mol. The van der Waals surface area contributed by atoms with Gasteiger partial charge in [-0.3, -0.25) is 19.0 Å². The molecular weight excluding hydrogens is 430 g/mol. The predicted octanol–water partition coefficient (Wildman–Crippen LogP) is 0.0290. The molecule has 0 radical (unpaired) electrons. The minimum atomic E-state index is -4.77. The van der Waals surface area contributed by atoms with Crippen molar-refractivity contribution in [1.29, 1.82) is 0 Å². The van der Waals surface area contributed by atoms with Crippen molar-refractivity contribution in [2.45, 2.75) is 9.79 Å².